The zero-order chi connectivity index (χ0) is 14.9. The van der Waals surface area contributed by atoms with Crippen LogP contribution in [0.15, 0.2) is 16.7 Å². The van der Waals surface area contributed by atoms with Crippen LogP contribution in [0.1, 0.15) is 37.7 Å². The van der Waals surface area contributed by atoms with Crippen LogP contribution < -0.4 is 5.73 Å². The molecule has 2 N–H and O–H groups in total. The van der Waals surface area contributed by atoms with Crippen LogP contribution in [0.2, 0.25) is 0 Å². The Bertz CT molecular complexity index is 618. The van der Waals surface area contributed by atoms with Crippen LogP contribution >= 0.6 is 0 Å². The van der Waals surface area contributed by atoms with Gasteiger partial charge in [-0.15, -0.1) is 0 Å². The Labute approximate surface area is 119 Å². The number of anilines is 1. The van der Waals surface area contributed by atoms with Crippen LogP contribution in [0.3, 0.4) is 0 Å². The third kappa shape index (κ3) is 2.67. The molecule has 1 heterocycles. The number of nitrogens with zero attached hydrogens (tertiary/aromatic N) is 2. The quantitative estimate of drug-likeness (QED) is 0.867. The molecule has 0 aliphatic rings. The maximum Gasteiger partial charge on any atom is 0.260 e. The monoisotopic (exact) mass is 275 g/mol. The van der Waals surface area contributed by atoms with E-state index in [0.29, 0.717) is 24.0 Å². The van der Waals surface area contributed by atoms with Gasteiger partial charge in [0.15, 0.2) is 0 Å². The standard InChI is InChI=1S/C15H21N3O2/c1-6-19-15(4,5)14-17-13(20-18-14)11-8-9(2)7-10(3)12(11)16/h7-8H,6,16H2,1-5H3. The molecule has 0 spiro atoms. The average molecular weight is 275 g/mol. The lowest BCUT2D eigenvalue weighted by molar-refractivity contribution is -0.0221. The van der Waals surface area contributed by atoms with Gasteiger partial charge in [-0.05, 0) is 51.8 Å². The van der Waals surface area contributed by atoms with Gasteiger partial charge in [0.2, 0.25) is 5.82 Å². The molecule has 0 aliphatic carbocycles. The van der Waals surface area contributed by atoms with E-state index in [2.05, 4.69) is 10.1 Å². The molecule has 0 saturated heterocycles. The van der Waals surface area contributed by atoms with Crippen LogP contribution in [0.4, 0.5) is 5.69 Å². The van der Waals surface area contributed by atoms with Crippen molar-refractivity contribution in [2.24, 2.45) is 0 Å². The Hall–Kier alpha value is -1.88. The van der Waals surface area contributed by atoms with Gasteiger partial charge in [-0.25, -0.2) is 0 Å². The van der Waals surface area contributed by atoms with E-state index in [1.807, 2.05) is 46.8 Å². The van der Waals surface area contributed by atoms with E-state index in [4.69, 9.17) is 15.0 Å². The minimum absolute atomic E-state index is 0.428. The average Bonchev–Trinajstić information content (AvgIpc) is 2.83. The summed E-state index contributed by atoms with van der Waals surface area (Å²) in [5.74, 6) is 0.949. The number of hydrogen-bond acceptors (Lipinski definition) is 5. The molecule has 0 radical (unpaired) electrons. The minimum Gasteiger partial charge on any atom is -0.398 e. The topological polar surface area (TPSA) is 74.2 Å². The van der Waals surface area contributed by atoms with Crippen molar-refractivity contribution < 1.29 is 9.26 Å². The van der Waals surface area contributed by atoms with Crippen molar-refractivity contribution >= 4 is 5.69 Å². The molecular weight excluding hydrogens is 254 g/mol. The first kappa shape index (κ1) is 14.5. The highest BCUT2D eigenvalue weighted by Crippen LogP contribution is 2.30. The molecule has 0 atom stereocenters. The molecule has 2 rings (SSSR count). The van der Waals surface area contributed by atoms with Gasteiger partial charge in [-0.1, -0.05) is 11.2 Å². The fourth-order valence-corrected chi connectivity index (χ4v) is 2.16. The molecule has 1 aromatic heterocycles. The predicted octanol–water partition coefficient (Wildman–Crippen LogP) is 3.21. The minimum atomic E-state index is -0.579. The first-order valence-electron chi connectivity index (χ1n) is 6.70. The highest BCUT2D eigenvalue weighted by atomic mass is 16.5. The molecule has 5 nitrogen and oxygen atoms in total. The number of nitrogens with two attached hydrogens (primary N) is 1. The van der Waals surface area contributed by atoms with Crippen molar-refractivity contribution in [2.45, 2.75) is 40.2 Å². The Kier molecular flexibility index (Phi) is 3.81. The summed E-state index contributed by atoms with van der Waals surface area (Å²) in [7, 11) is 0. The van der Waals surface area contributed by atoms with Crippen LogP contribution in [0.25, 0.3) is 11.5 Å². The number of aromatic nitrogens is 2. The van der Waals surface area contributed by atoms with E-state index < -0.39 is 5.60 Å². The van der Waals surface area contributed by atoms with Gasteiger partial charge in [-0.3, -0.25) is 0 Å². The summed E-state index contributed by atoms with van der Waals surface area (Å²) < 4.78 is 11.0. The molecule has 2 aromatic rings. The van der Waals surface area contributed by atoms with Crippen molar-refractivity contribution in [3.05, 3.63) is 29.1 Å². The van der Waals surface area contributed by atoms with E-state index in [-0.39, 0.29) is 0 Å². The highest BCUT2D eigenvalue weighted by Gasteiger charge is 2.28. The van der Waals surface area contributed by atoms with Gasteiger partial charge in [0, 0.05) is 12.3 Å². The molecule has 0 aliphatic heterocycles. The molecule has 108 valence electrons. The summed E-state index contributed by atoms with van der Waals surface area (Å²) >= 11 is 0. The summed E-state index contributed by atoms with van der Waals surface area (Å²) in [5.41, 5.74) is 9.07. The van der Waals surface area contributed by atoms with Gasteiger partial charge in [0.05, 0.1) is 5.56 Å². The molecule has 0 amide bonds. The van der Waals surface area contributed by atoms with Crippen LogP contribution in [-0.2, 0) is 10.3 Å². The third-order valence-electron chi connectivity index (χ3n) is 3.23. The number of ether oxygens (including phenoxy) is 1. The lowest BCUT2D eigenvalue weighted by Crippen LogP contribution is -2.23. The maximum absolute atomic E-state index is 6.10. The summed E-state index contributed by atoms with van der Waals surface area (Å²) in [6.45, 7) is 10.3. The number of hydrogen-bond donors (Lipinski definition) is 1. The van der Waals surface area contributed by atoms with Crippen LogP contribution in [-0.4, -0.2) is 16.7 Å². The first-order chi connectivity index (χ1) is 9.35. The normalized spacial score (nSPS) is 11.8. The lowest BCUT2D eigenvalue weighted by Gasteiger charge is -2.19. The smallest absolute Gasteiger partial charge is 0.260 e. The maximum atomic E-state index is 6.10. The number of aryl methyl sites for hydroxylation is 2. The fraction of sp³-hybridized carbons (Fsp3) is 0.467. The van der Waals surface area contributed by atoms with Gasteiger partial charge in [-0.2, -0.15) is 4.98 Å². The zero-order valence-corrected chi connectivity index (χ0v) is 12.7. The van der Waals surface area contributed by atoms with Crippen molar-refractivity contribution in [3.63, 3.8) is 0 Å². The van der Waals surface area contributed by atoms with Crippen molar-refractivity contribution in [2.75, 3.05) is 12.3 Å². The number of benzene rings is 1. The van der Waals surface area contributed by atoms with Crippen molar-refractivity contribution in [3.8, 4) is 11.5 Å². The molecule has 20 heavy (non-hydrogen) atoms. The number of nitrogen functional groups attached to an aromatic ring is 1. The molecular formula is C15H21N3O2. The SMILES string of the molecule is CCOC(C)(C)c1noc(-c2cc(C)cc(C)c2N)n1. The van der Waals surface area contributed by atoms with E-state index in [0.717, 1.165) is 16.7 Å². The number of rotatable bonds is 4. The largest absolute Gasteiger partial charge is 0.398 e. The van der Waals surface area contributed by atoms with Crippen LogP contribution in [0.5, 0.6) is 0 Å². The van der Waals surface area contributed by atoms with Gasteiger partial charge in [0.1, 0.15) is 5.60 Å². The van der Waals surface area contributed by atoms with E-state index in [1.165, 1.54) is 0 Å². The molecule has 5 heteroatoms. The molecule has 0 saturated carbocycles. The third-order valence-corrected chi connectivity index (χ3v) is 3.23. The second kappa shape index (κ2) is 5.25. The molecule has 0 fully saturated rings. The van der Waals surface area contributed by atoms with Gasteiger partial charge >= 0.3 is 0 Å². The van der Waals surface area contributed by atoms with E-state index >= 15 is 0 Å². The summed E-state index contributed by atoms with van der Waals surface area (Å²) in [4.78, 5) is 4.43. The Balaban J connectivity index is 2.44. The summed E-state index contributed by atoms with van der Waals surface area (Å²) in [6.07, 6.45) is 0. The second-order valence-electron chi connectivity index (χ2n) is 5.41. The first-order valence-corrected chi connectivity index (χ1v) is 6.70. The zero-order valence-electron chi connectivity index (χ0n) is 12.7. The molecule has 0 unspecified atom stereocenters. The highest BCUT2D eigenvalue weighted by molar-refractivity contribution is 5.74. The van der Waals surface area contributed by atoms with Gasteiger partial charge in [0.25, 0.3) is 5.89 Å². The second-order valence-corrected chi connectivity index (χ2v) is 5.41. The van der Waals surface area contributed by atoms with E-state index in [9.17, 15) is 0 Å². The van der Waals surface area contributed by atoms with Crippen molar-refractivity contribution in [1.82, 2.24) is 10.1 Å². The van der Waals surface area contributed by atoms with Crippen LogP contribution in [0, 0.1) is 13.8 Å². The summed E-state index contributed by atoms with van der Waals surface area (Å²) in [6, 6.07) is 3.98. The predicted molar refractivity (Wildman–Crippen MR) is 78.3 cm³/mol. The Morgan fingerprint density at radius 1 is 1.30 bits per heavy atom. The Morgan fingerprint density at radius 3 is 2.65 bits per heavy atom. The van der Waals surface area contributed by atoms with Gasteiger partial charge < -0.3 is 15.0 Å². The fourth-order valence-electron chi connectivity index (χ4n) is 2.16. The molecule has 1 aromatic carbocycles. The lowest BCUT2D eigenvalue weighted by atomic mass is 10.0. The van der Waals surface area contributed by atoms with Crippen molar-refractivity contribution in [1.29, 1.82) is 0 Å². The summed E-state index contributed by atoms with van der Waals surface area (Å²) in [5, 5.41) is 4.02. The van der Waals surface area contributed by atoms with E-state index in [1.54, 1.807) is 0 Å². The Morgan fingerprint density at radius 2 is 2.00 bits per heavy atom. The molecule has 0 bridgehead atoms.